The first-order valence-electron chi connectivity index (χ1n) is 10.7. The number of rotatable bonds is 3. The van der Waals surface area contributed by atoms with E-state index in [0.717, 1.165) is 37.8 Å². The lowest BCUT2D eigenvalue weighted by atomic mass is 9.94. The van der Waals surface area contributed by atoms with Crippen LogP contribution in [0.3, 0.4) is 0 Å². The van der Waals surface area contributed by atoms with E-state index < -0.39 is 17.4 Å². The SMILES string of the molecule is C[C@H]1CCc2cc3c(c(NC(=O)N[S@@+]([O-])c4cnn5c4OCC(C)(C)C5)c21)CCC3. The second-order valence-corrected chi connectivity index (χ2v) is 10.7. The second kappa shape index (κ2) is 7.20. The van der Waals surface area contributed by atoms with Crippen molar-refractivity contribution in [3.05, 3.63) is 34.5 Å². The Morgan fingerprint density at radius 1 is 1.33 bits per heavy atom. The summed E-state index contributed by atoms with van der Waals surface area (Å²) >= 11 is -1.75. The Morgan fingerprint density at radius 3 is 3.00 bits per heavy atom. The molecule has 160 valence electrons. The Kier molecular flexibility index (Phi) is 4.74. The van der Waals surface area contributed by atoms with Crippen LogP contribution in [0.5, 0.6) is 5.88 Å². The number of amides is 2. The molecule has 2 atom stereocenters. The van der Waals surface area contributed by atoms with Gasteiger partial charge in [0.1, 0.15) is 17.6 Å². The number of aryl methyl sites for hydroxylation is 2. The van der Waals surface area contributed by atoms with Gasteiger partial charge in [-0.3, -0.25) is 0 Å². The normalized spacial score (nSPS) is 21.9. The Balaban J connectivity index is 1.35. The minimum absolute atomic E-state index is 0.0344. The lowest BCUT2D eigenvalue weighted by Gasteiger charge is -2.30. The molecule has 0 radical (unpaired) electrons. The molecule has 2 heterocycles. The van der Waals surface area contributed by atoms with Crippen molar-refractivity contribution in [1.29, 1.82) is 0 Å². The van der Waals surface area contributed by atoms with Gasteiger partial charge in [-0.1, -0.05) is 26.8 Å². The van der Waals surface area contributed by atoms with Crippen LogP contribution in [-0.4, -0.2) is 27.0 Å². The monoisotopic (exact) mass is 428 g/mol. The van der Waals surface area contributed by atoms with Crippen LogP contribution in [0.1, 0.15) is 61.8 Å². The van der Waals surface area contributed by atoms with Crippen molar-refractivity contribution in [1.82, 2.24) is 14.5 Å². The van der Waals surface area contributed by atoms with Gasteiger partial charge >= 0.3 is 6.03 Å². The number of ether oxygens (including phenoxy) is 1. The summed E-state index contributed by atoms with van der Waals surface area (Å²) in [6.45, 7) is 7.61. The zero-order chi connectivity index (χ0) is 21.0. The molecule has 0 saturated carbocycles. The second-order valence-electron chi connectivity index (χ2n) is 9.50. The van der Waals surface area contributed by atoms with Gasteiger partial charge in [-0.2, -0.15) is 5.10 Å². The number of aromatic nitrogens is 2. The average Bonchev–Trinajstić information content (AvgIpc) is 3.39. The van der Waals surface area contributed by atoms with Gasteiger partial charge in [-0.05, 0) is 60.3 Å². The van der Waals surface area contributed by atoms with E-state index in [9.17, 15) is 9.35 Å². The highest BCUT2D eigenvalue weighted by Gasteiger charge is 2.35. The van der Waals surface area contributed by atoms with Crippen molar-refractivity contribution in [2.75, 3.05) is 11.9 Å². The summed E-state index contributed by atoms with van der Waals surface area (Å²) in [7, 11) is 0. The maximum absolute atomic E-state index is 12.9. The molecule has 2 N–H and O–H groups in total. The van der Waals surface area contributed by atoms with Gasteiger partial charge in [-0.25, -0.2) is 9.48 Å². The van der Waals surface area contributed by atoms with Gasteiger partial charge < -0.3 is 14.6 Å². The topological polar surface area (TPSA) is 91.2 Å². The zero-order valence-electron chi connectivity index (χ0n) is 17.7. The molecule has 1 aromatic heterocycles. The molecule has 8 heteroatoms. The smallest absolute Gasteiger partial charge is 0.361 e. The summed E-state index contributed by atoms with van der Waals surface area (Å²) in [6.07, 6.45) is 6.85. The van der Waals surface area contributed by atoms with Gasteiger partial charge in [0, 0.05) is 11.1 Å². The molecule has 0 unspecified atom stereocenters. The van der Waals surface area contributed by atoms with Crippen LogP contribution in [0.2, 0.25) is 0 Å². The van der Waals surface area contributed by atoms with Crippen LogP contribution in [0.15, 0.2) is 17.2 Å². The highest BCUT2D eigenvalue weighted by atomic mass is 32.2. The number of nitrogens with zero attached hydrogens (tertiary/aromatic N) is 2. The largest absolute Gasteiger partial charge is 0.588 e. The molecule has 1 aliphatic heterocycles. The van der Waals surface area contributed by atoms with Crippen LogP contribution in [0.4, 0.5) is 10.5 Å². The molecule has 7 nitrogen and oxygen atoms in total. The number of hydrogen-bond donors (Lipinski definition) is 2. The van der Waals surface area contributed by atoms with E-state index in [-0.39, 0.29) is 5.41 Å². The Morgan fingerprint density at radius 2 is 2.17 bits per heavy atom. The van der Waals surface area contributed by atoms with Crippen molar-refractivity contribution in [2.24, 2.45) is 5.41 Å². The van der Waals surface area contributed by atoms with E-state index >= 15 is 0 Å². The predicted octanol–water partition coefficient (Wildman–Crippen LogP) is 3.68. The van der Waals surface area contributed by atoms with Gasteiger partial charge in [-0.15, -0.1) is 4.72 Å². The third kappa shape index (κ3) is 3.36. The predicted molar refractivity (Wildman–Crippen MR) is 115 cm³/mol. The van der Waals surface area contributed by atoms with Gasteiger partial charge in [0.2, 0.25) is 0 Å². The Labute approximate surface area is 179 Å². The number of benzene rings is 1. The molecule has 0 bridgehead atoms. The third-order valence-electron chi connectivity index (χ3n) is 6.43. The van der Waals surface area contributed by atoms with Gasteiger partial charge in [0.05, 0.1) is 13.2 Å². The van der Waals surface area contributed by atoms with Crippen molar-refractivity contribution < 1.29 is 14.1 Å². The Bertz CT molecular complexity index is 1020. The molecule has 0 saturated heterocycles. The Hall–Kier alpha value is -2.19. The number of carbonyl (C=O) groups excluding carboxylic acids is 1. The lowest BCUT2D eigenvalue weighted by Crippen LogP contribution is -2.36. The number of fused-ring (bicyclic) bond motifs is 3. The molecular weight excluding hydrogens is 400 g/mol. The van der Waals surface area contributed by atoms with Gasteiger partial charge in [0.15, 0.2) is 0 Å². The molecule has 30 heavy (non-hydrogen) atoms. The molecular formula is C22H28N4O3S. The first-order chi connectivity index (χ1) is 14.3. The summed E-state index contributed by atoms with van der Waals surface area (Å²) in [5.74, 6) is 0.897. The number of carbonyl (C=O) groups is 1. The number of nitrogens with one attached hydrogen (secondary N) is 2. The number of anilines is 1. The van der Waals surface area contributed by atoms with Crippen LogP contribution in [0, 0.1) is 5.41 Å². The summed E-state index contributed by atoms with van der Waals surface area (Å²) < 4.78 is 23.0. The summed E-state index contributed by atoms with van der Waals surface area (Å²) in [5, 5.41) is 7.34. The first kappa shape index (κ1) is 19.8. The molecule has 0 fully saturated rings. The van der Waals surface area contributed by atoms with E-state index in [4.69, 9.17) is 4.74 Å². The summed E-state index contributed by atoms with van der Waals surface area (Å²) in [6, 6.07) is 1.88. The maximum atomic E-state index is 12.9. The fourth-order valence-electron chi connectivity index (χ4n) is 4.99. The minimum Gasteiger partial charge on any atom is -0.588 e. The average molecular weight is 429 g/mol. The van der Waals surface area contributed by atoms with Crippen LogP contribution in [-0.2, 0) is 37.2 Å². The summed E-state index contributed by atoms with van der Waals surface area (Å²) in [5.41, 5.74) is 6.10. The minimum atomic E-state index is -1.75. The molecule has 2 aliphatic carbocycles. The van der Waals surface area contributed by atoms with Crippen LogP contribution >= 0.6 is 0 Å². The first-order valence-corrected chi connectivity index (χ1v) is 11.8. The number of urea groups is 1. The van der Waals surface area contributed by atoms with Gasteiger partial charge in [0.25, 0.3) is 10.8 Å². The summed E-state index contributed by atoms with van der Waals surface area (Å²) in [4.78, 5) is 13.2. The van der Waals surface area contributed by atoms with E-state index in [2.05, 4.69) is 42.0 Å². The quantitative estimate of drug-likeness (QED) is 0.730. The van der Waals surface area contributed by atoms with Crippen LogP contribution in [0.25, 0.3) is 0 Å². The maximum Gasteiger partial charge on any atom is 0.361 e. The van der Waals surface area contributed by atoms with Crippen LogP contribution < -0.4 is 14.8 Å². The molecule has 5 rings (SSSR count). The number of hydrogen-bond acceptors (Lipinski definition) is 4. The third-order valence-corrected chi connectivity index (χ3v) is 7.48. The molecule has 2 amide bonds. The standard InChI is InChI=1S/C22H28N4O3S/c1-13-7-8-15-9-14-5-4-6-16(14)19(18(13)15)24-21(27)25-30(28)17-10-23-26-11-22(2,3)12-29-20(17)26/h9-10,13H,4-8,11-12H2,1-3H3,(H2,24,25,27)/t13-,30-/m0/s1. The fourth-order valence-corrected chi connectivity index (χ4v) is 5.78. The fraction of sp³-hybridized carbons (Fsp3) is 0.545. The highest BCUT2D eigenvalue weighted by molar-refractivity contribution is 7.90. The van der Waals surface area contributed by atoms with E-state index in [1.807, 2.05) is 0 Å². The van der Waals surface area contributed by atoms with E-state index in [1.54, 1.807) is 4.68 Å². The van der Waals surface area contributed by atoms with Crippen molar-refractivity contribution in [2.45, 2.75) is 70.2 Å². The van der Waals surface area contributed by atoms with E-state index in [1.165, 1.54) is 28.5 Å². The van der Waals surface area contributed by atoms with Crippen molar-refractivity contribution in [3.8, 4) is 5.88 Å². The van der Waals surface area contributed by atoms with Crippen molar-refractivity contribution >= 4 is 23.1 Å². The zero-order valence-corrected chi connectivity index (χ0v) is 18.5. The lowest BCUT2D eigenvalue weighted by molar-refractivity contribution is 0.0970. The molecule has 2 aromatic rings. The van der Waals surface area contributed by atoms with E-state index in [0.29, 0.717) is 29.8 Å². The molecule has 0 spiro atoms. The molecule has 3 aliphatic rings. The molecule has 1 aromatic carbocycles. The highest BCUT2D eigenvalue weighted by Crippen LogP contribution is 2.44. The van der Waals surface area contributed by atoms with Crippen molar-refractivity contribution in [3.63, 3.8) is 0 Å².